The average Bonchev–Trinajstić information content (AvgIpc) is 2.85. The predicted octanol–water partition coefficient (Wildman–Crippen LogP) is 9.05. The van der Waals surface area contributed by atoms with Crippen molar-refractivity contribution in [1.29, 1.82) is 0 Å². The molecule has 4 aromatic rings. The van der Waals surface area contributed by atoms with Gasteiger partial charge in [0.25, 0.3) is 0 Å². The third-order valence-corrected chi connectivity index (χ3v) is 14.1. The van der Waals surface area contributed by atoms with E-state index in [9.17, 15) is 0 Å². The summed E-state index contributed by atoms with van der Waals surface area (Å²) in [5.41, 5.74) is 0. The van der Waals surface area contributed by atoms with Crippen LogP contribution in [-0.2, 0) is 44.8 Å². The summed E-state index contributed by atoms with van der Waals surface area (Å²) in [5, 5.41) is 4.97. The molecule has 0 bridgehead atoms. The monoisotopic (exact) mass is 1030 g/mol. The summed E-state index contributed by atoms with van der Waals surface area (Å²) in [6.45, 7) is 28.1. The van der Waals surface area contributed by atoms with Gasteiger partial charge < -0.3 is 6.55 Å². The van der Waals surface area contributed by atoms with Gasteiger partial charge in [0.1, 0.15) is 0 Å². The molecular weight excluding hydrogens is 995 g/mol. The van der Waals surface area contributed by atoms with E-state index >= 15 is 0 Å². The van der Waals surface area contributed by atoms with E-state index in [2.05, 4.69) is 148 Å². The van der Waals surface area contributed by atoms with Gasteiger partial charge in [0.15, 0.2) is 0 Å². The van der Waals surface area contributed by atoms with Crippen LogP contribution in [0, 0.1) is 33.2 Å². The quantitative estimate of drug-likeness (QED) is 0.0830. The average molecular weight is 1030 g/mol. The van der Waals surface area contributed by atoms with Crippen LogP contribution in [0.5, 0.6) is 0 Å². The normalized spacial score (nSPS) is 12.0. The Morgan fingerprint density at radius 1 is 0.553 bits per heavy atom. The van der Waals surface area contributed by atoms with Crippen LogP contribution in [0.25, 0.3) is 0 Å². The second-order valence-corrected chi connectivity index (χ2v) is 29.1. The Balaban J connectivity index is 0.000000588. The first kappa shape index (κ1) is 38.2. The number of hydrogen-bond donors (Lipinski definition) is 0. The zero-order valence-corrected chi connectivity index (χ0v) is 31.7. The van der Waals surface area contributed by atoms with Crippen molar-refractivity contribution in [2.24, 2.45) is 0 Å². The molecule has 6 heteroatoms. The third-order valence-electron chi connectivity index (χ3n) is 5.20. The number of benzene rings is 4. The predicted molar refractivity (Wildman–Crippen MR) is 182 cm³/mol. The van der Waals surface area contributed by atoms with Crippen molar-refractivity contribution in [3.05, 3.63) is 155 Å². The Morgan fingerprint density at radius 3 is 1.00 bits per heavy atom. The first-order valence-corrected chi connectivity index (χ1v) is 23.1. The van der Waals surface area contributed by atoms with E-state index in [4.69, 9.17) is 0 Å². The summed E-state index contributed by atoms with van der Waals surface area (Å²) in [5.74, 6) is 0. The molecule has 4 rings (SSSR count). The number of hydrogen-bond acceptors (Lipinski definition) is 0. The molecule has 0 fully saturated rings. The van der Waals surface area contributed by atoms with Gasteiger partial charge in [-0.2, -0.15) is 20.6 Å². The number of rotatable bonds is 4. The fourth-order valence-corrected chi connectivity index (χ4v) is 8.99. The van der Waals surface area contributed by atoms with Gasteiger partial charge in [-0.25, -0.2) is 0 Å². The van der Waals surface area contributed by atoms with E-state index in [1.807, 2.05) is 48.5 Å². The van der Waals surface area contributed by atoms with Crippen LogP contribution in [0.3, 0.4) is 0 Å². The van der Waals surface area contributed by atoms with Gasteiger partial charge in [0, 0.05) is 55.4 Å². The van der Waals surface area contributed by atoms with Gasteiger partial charge in [-0.05, 0) is 24.3 Å². The van der Waals surface area contributed by atoms with Crippen molar-refractivity contribution in [3.8, 4) is 0 Å². The van der Waals surface area contributed by atoms with Crippen LogP contribution in [0.4, 0.5) is 0 Å². The van der Waals surface area contributed by atoms with E-state index in [1.165, 1.54) is 21.2 Å². The van der Waals surface area contributed by atoms with Crippen molar-refractivity contribution in [2.45, 2.75) is 19.6 Å². The van der Waals surface area contributed by atoms with E-state index in [0.717, 1.165) is 0 Å². The van der Waals surface area contributed by atoms with Gasteiger partial charge in [-0.1, -0.05) is 56.0 Å². The molecule has 0 aliphatic heterocycles. The standard InChI is InChI=1S/C14H14IP.C14H14P.C4H11Si.2Au/c1-16(2,15,13-9-5-3-6-10-13)14-11-7-4-8-12-14;1-15(2,13-9-5-3-6-10-13)14-11-7-4-8-12-14;1-5(2,3)4;;/h3-12H,1-2H2;3-12H,1-2H2;1H2,2-4H3;;/q-2;2*-1;;. The molecule has 4 aromatic carbocycles. The number of halogens is 1. The van der Waals surface area contributed by atoms with Crippen LogP contribution >= 0.6 is 33.5 Å². The molecule has 0 unspecified atom stereocenters. The van der Waals surface area contributed by atoms with Gasteiger partial charge >= 0.3 is 111 Å². The van der Waals surface area contributed by atoms with Gasteiger partial charge in [0.2, 0.25) is 0 Å². The molecule has 0 heterocycles. The SMILES string of the molecule is [Au].[Au].[CH2-]P([CH2-])(I)(c1ccccc1)c1ccccc1.[CH2-][P+]([CH2-])(c1ccccc1)c1ccccc1.[CH2-][Si](C)(C)C. The minimum absolute atomic E-state index is 0. The molecule has 0 aliphatic rings. The fourth-order valence-electron chi connectivity index (χ4n) is 3.26. The molecule has 0 saturated carbocycles. The molecule has 2 radical (unpaired) electrons. The Bertz CT molecular complexity index is 1080. The molecule has 0 nitrogen and oxygen atoms in total. The molecule has 214 valence electrons. The molecule has 0 aromatic heterocycles. The molecule has 0 saturated heterocycles. The maximum absolute atomic E-state index is 4.45. The molecule has 0 aliphatic carbocycles. The second kappa shape index (κ2) is 16.6. The largest absolute Gasteiger partial charge is 0.342 e. The minimum Gasteiger partial charge on any atom is -0.342 e. The zero-order chi connectivity index (χ0) is 26.9. The maximum Gasteiger partial charge on any atom is 0.0408 e. The summed E-state index contributed by atoms with van der Waals surface area (Å²) in [6, 6.07) is 41.4. The first-order valence-electron chi connectivity index (χ1n) is 11.8. The molecule has 0 N–H and O–H groups in total. The van der Waals surface area contributed by atoms with Crippen LogP contribution in [0.2, 0.25) is 19.6 Å². The summed E-state index contributed by atoms with van der Waals surface area (Å²) in [4.78, 5) is 0. The molecule has 0 spiro atoms. The van der Waals surface area contributed by atoms with Crippen LogP contribution < -0.4 is 21.2 Å². The Morgan fingerprint density at radius 2 is 0.763 bits per heavy atom. The van der Waals surface area contributed by atoms with Crippen LogP contribution in [0.15, 0.2) is 121 Å². The summed E-state index contributed by atoms with van der Waals surface area (Å²) in [7, 11) is -2.51. The van der Waals surface area contributed by atoms with E-state index in [-0.39, 0.29) is 44.8 Å². The van der Waals surface area contributed by atoms with Crippen molar-refractivity contribution in [2.75, 3.05) is 0 Å². The molecule has 0 atom stereocenters. The van der Waals surface area contributed by atoms with Crippen molar-refractivity contribution in [1.82, 2.24) is 0 Å². The summed E-state index contributed by atoms with van der Waals surface area (Å²) in [6.07, 6.45) is 0. The van der Waals surface area contributed by atoms with E-state index in [0.29, 0.717) is 0 Å². The Hall–Kier alpha value is 0.167. The minimum atomic E-state index is -2.46. The molecule has 0 amide bonds. The van der Waals surface area contributed by atoms with Crippen LogP contribution in [-0.4, -0.2) is 8.07 Å². The molecular formula is C32H39Au2IP2Si-4. The Labute approximate surface area is 279 Å². The second-order valence-electron chi connectivity index (χ2n) is 10.2. The fraction of sp³-hybridized carbons (Fsp3) is 0.0938. The first-order chi connectivity index (χ1) is 16.7. The third kappa shape index (κ3) is 12.4. The van der Waals surface area contributed by atoms with E-state index in [1.54, 1.807) is 0 Å². The zero-order valence-electron chi connectivity index (χ0n) is 22.5. The van der Waals surface area contributed by atoms with Crippen LogP contribution in [0.1, 0.15) is 0 Å². The van der Waals surface area contributed by atoms with E-state index < -0.39 is 19.6 Å². The van der Waals surface area contributed by atoms with Crippen molar-refractivity contribution < 1.29 is 44.8 Å². The topological polar surface area (TPSA) is 0 Å². The maximum atomic E-state index is 4.45. The summed E-state index contributed by atoms with van der Waals surface area (Å²) < 4.78 is -2.46. The van der Waals surface area contributed by atoms with Crippen molar-refractivity contribution >= 4 is 62.8 Å². The molecule has 38 heavy (non-hydrogen) atoms. The summed E-state index contributed by atoms with van der Waals surface area (Å²) >= 11 is 2.45. The van der Waals surface area contributed by atoms with Gasteiger partial charge in [0.05, 0.1) is 0 Å². The van der Waals surface area contributed by atoms with Gasteiger partial charge in [-0.15, -0.1) is 8.07 Å². The van der Waals surface area contributed by atoms with Gasteiger partial charge in [-0.3, -0.25) is 0 Å². The van der Waals surface area contributed by atoms with Crippen molar-refractivity contribution in [3.63, 3.8) is 0 Å². The smallest absolute Gasteiger partial charge is 0.0408 e. The Kier molecular flexibility index (Phi) is 16.6.